The third-order valence-corrected chi connectivity index (χ3v) is 2.79. The van der Waals surface area contributed by atoms with E-state index in [2.05, 4.69) is 9.97 Å². The predicted molar refractivity (Wildman–Crippen MR) is 65.5 cm³/mol. The van der Waals surface area contributed by atoms with Gasteiger partial charge in [-0.1, -0.05) is 29.3 Å². The number of carboxylic acids is 1. The van der Waals surface area contributed by atoms with Gasteiger partial charge < -0.3 is 9.84 Å². The van der Waals surface area contributed by atoms with Gasteiger partial charge in [-0.25, -0.2) is 14.8 Å². The monoisotopic (exact) mass is 284 g/mol. The van der Waals surface area contributed by atoms with Crippen molar-refractivity contribution < 1.29 is 14.6 Å². The van der Waals surface area contributed by atoms with E-state index >= 15 is 0 Å². The molecule has 1 aromatic carbocycles. The minimum atomic E-state index is -1.24. The summed E-state index contributed by atoms with van der Waals surface area (Å²) >= 11 is 11.7. The van der Waals surface area contributed by atoms with Crippen LogP contribution < -0.4 is 4.74 Å². The SMILES string of the molecule is O=C(O)c1nccnc1Oc1cccc(Cl)c1Cl. The summed E-state index contributed by atoms with van der Waals surface area (Å²) in [6.07, 6.45) is 2.58. The van der Waals surface area contributed by atoms with Gasteiger partial charge >= 0.3 is 5.97 Å². The van der Waals surface area contributed by atoms with E-state index < -0.39 is 5.97 Å². The Bertz CT molecular complexity index is 605. The van der Waals surface area contributed by atoms with E-state index in [9.17, 15) is 4.79 Å². The summed E-state index contributed by atoms with van der Waals surface area (Å²) in [6.45, 7) is 0. The van der Waals surface area contributed by atoms with Crippen LogP contribution in [0, 0.1) is 0 Å². The number of ether oxygens (including phenoxy) is 1. The zero-order valence-corrected chi connectivity index (χ0v) is 10.3. The van der Waals surface area contributed by atoms with E-state index in [1.807, 2.05) is 0 Å². The van der Waals surface area contributed by atoms with Gasteiger partial charge in [0.05, 0.1) is 5.02 Å². The molecule has 0 amide bonds. The molecule has 0 fully saturated rings. The molecule has 1 heterocycles. The average molecular weight is 285 g/mol. The molecule has 5 nitrogen and oxygen atoms in total. The zero-order chi connectivity index (χ0) is 13.1. The number of hydrogen-bond donors (Lipinski definition) is 1. The quantitative estimate of drug-likeness (QED) is 0.936. The molecule has 2 aromatic rings. The van der Waals surface area contributed by atoms with Crippen molar-refractivity contribution in [1.82, 2.24) is 9.97 Å². The molecular formula is C11H6Cl2N2O3. The summed E-state index contributed by atoms with van der Waals surface area (Å²) in [4.78, 5) is 18.4. The van der Waals surface area contributed by atoms with E-state index in [-0.39, 0.29) is 22.3 Å². The summed E-state index contributed by atoms with van der Waals surface area (Å²) in [6, 6.07) is 4.76. The Hall–Kier alpha value is -1.85. The molecule has 0 spiro atoms. The average Bonchev–Trinajstić information content (AvgIpc) is 2.35. The number of aromatic carboxylic acids is 1. The number of rotatable bonds is 3. The van der Waals surface area contributed by atoms with Crippen molar-refractivity contribution in [1.29, 1.82) is 0 Å². The van der Waals surface area contributed by atoms with Gasteiger partial charge in [-0.05, 0) is 12.1 Å². The molecule has 0 bridgehead atoms. The molecule has 0 radical (unpaired) electrons. The standard InChI is InChI=1S/C11H6Cl2N2O3/c12-6-2-1-3-7(8(6)13)18-10-9(11(16)17)14-4-5-15-10/h1-5H,(H,16,17). The third kappa shape index (κ3) is 2.52. The fraction of sp³-hybridized carbons (Fsp3) is 0. The molecular weight excluding hydrogens is 279 g/mol. The highest BCUT2D eigenvalue weighted by atomic mass is 35.5. The predicted octanol–water partition coefficient (Wildman–Crippen LogP) is 3.27. The Labute approximate surface area is 112 Å². The second-order valence-corrected chi connectivity index (χ2v) is 3.95. The van der Waals surface area contributed by atoms with Crippen LogP contribution in [0.4, 0.5) is 0 Å². The van der Waals surface area contributed by atoms with Gasteiger partial charge in [0.15, 0.2) is 0 Å². The lowest BCUT2D eigenvalue weighted by atomic mass is 10.3. The first-order chi connectivity index (χ1) is 8.59. The van der Waals surface area contributed by atoms with Crippen LogP contribution in [0.1, 0.15) is 10.5 Å². The number of halogens is 2. The molecule has 92 valence electrons. The second-order valence-electron chi connectivity index (χ2n) is 3.17. The van der Waals surface area contributed by atoms with Gasteiger partial charge in [0, 0.05) is 12.4 Å². The molecule has 0 saturated carbocycles. The lowest BCUT2D eigenvalue weighted by Gasteiger charge is -2.08. The molecule has 0 aliphatic carbocycles. The molecule has 0 atom stereocenters. The molecule has 18 heavy (non-hydrogen) atoms. The van der Waals surface area contributed by atoms with E-state index in [4.69, 9.17) is 33.0 Å². The van der Waals surface area contributed by atoms with Crippen LogP contribution in [-0.2, 0) is 0 Å². The minimum Gasteiger partial charge on any atom is -0.476 e. The van der Waals surface area contributed by atoms with E-state index in [0.717, 1.165) is 0 Å². The summed E-state index contributed by atoms with van der Waals surface area (Å²) in [5.41, 5.74) is -0.298. The topological polar surface area (TPSA) is 72.3 Å². The molecule has 0 aliphatic rings. The maximum Gasteiger partial charge on any atom is 0.360 e. The fourth-order valence-corrected chi connectivity index (χ4v) is 1.54. The zero-order valence-electron chi connectivity index (χ0n) is 8.80. The van der Waals surface area contributed by atoms with Crippen LogP contribution in [0.2, 0.25) is 10.0 Å². The van der Waals surface area contributed by atoms with Crippen molar-refractivity contribution in [3.8, 4) is 11.6 Å². The molecule has 1 N–H and O–H groups in total. The van der Waals surface area contributed by atoms with Gasteiger partial charge in [-0.15, -0.1) is 0 Å². The number of aromatic nitrogens is 2. The van der Waals surface area contributed by atoms with Crippen molar-refractivity contribution in [3.63, 3.8) is 0 Å². The second kappa shape index (κ2) is 5.20. The van der Waals surface area contributed by atoms with E-state index in [1.165, 1.54) is 12.4 Å². The third-order valence-electron chi connectivity index (χ3n) is 1.99. The molecule has 1 aromatic heterocycles. The molecule has 0 aliphatic heterocycles. The van der Waals surface area contributed by atoms with Crippen molar-refractivity contribution in [3.05, 3.63) is 46.3 Å². The summed E-state index contributed by atoms with van der Waals surface area (Å²) in [5.74, 6) is -1.17. The van der Waals surface area contributed by atoms with Gasteiger partial charge in [0.25, 0.3) is 5.88 Å². The molecule has 2 rings (SSSR count). The van der Waals surface area contributed by atoms with Crippen LogP contribution in [-0.4, -0.2) is 21.0 Å². The smallest absolute Gasteiger partial charge is 0.360 e. The van der Waals surface area contributed by atoms with Gasteiger partial charge in [-0.3, -0.25) is 0 Å². The minimum absolute atomic E-state index is 0.144. The highest BCUT2D eigenvalue weighted by Gasteiger charge is 2.16. The van der Waals surface area contributed by atoms with Crippen LogP contribution >= 0.6 is 23.2 Å². The van der Waals surface area contributed by atoms with Crippen molar-refractivity contribution >= 4 is 29.2 Å². The van der Waals surface area contributed by atoms with Gasteiger partial charge in [-0.2, -0.15) is 0 Å². The van der Waals surface area contributed by atoms with Crippen LogP contribution in [0.5, 0.6) is 11.6 Å². The fourth-order valence-electron chi connectivity index (χ4n) is 1.21. The highest BCUT2D eigenvalue weighted by Crippen LogP contribution is 2.34. The van der Waals surface area contributed by atoms with Gasteiger partial charge in [0.2, 0.25) is 5.69 Å². The number of carboxylic acid groups (broad SMARTS) is 1. The molecule has 0 saturated heterocycles. The number of nitrogens with zero attached hydrogens (tertiary/aromatic N) is 2. The summed E-state index contributed by atoms with van der Waals surface area (Å²) in [5, 5.41) is 9.41. The van der Waals surface area contributed by atoms with E-state index in [1.54, 1.807) is 18.2 Å². The lowest BCUT2D eigenvalue weighted by molar-refractivity contribution is 0.0686. The Kier molecular flexibility index (Phi) is 3.64. The van der Waals surface area contributed by atoms with Gasteiger partial charge in [0.1, 0.15) is 10.8 Å². The number of hydrogen-bond acceptors (Lipinski definition) is 4. The van der Waals surface area contributed by atoms with Crippen molar-refractivity contribution in [2.24, 2.45) is 0 Å². The highest BCUT2D eigenvalue weighted by molar-refractivity contribution is 6.42. The number of benzene rings is 1. The summed E-state index contributed by atoms with van der Waals surface area (Å²) in [7, 11) is 0. The normalized spacial score (nSPS) is 10.1. The van der Waals surface area contributed by atoms with Crippen molar-refractivity contribution in [2.75, 3.05) is 0 Å². The maximum absolute atomic E-state index is 10.9. The molecule has 7 heteroatoms. The summed E-state index contributed by atoms with van der Waals surface area (Å²) < 4.78 is 5.31. The maximum atomic E-state index is 10.9. The largest absolute Gasteiger partial charge is 0.476 e. The number of carbonyl (C=O) groups is 1. The van der Waals surface area contributed by atoms with Crippen LogP contribution in [0.3, 0.4) is 0 Å². The Morgan fingerprint density at radius 2 is 1.94 bits per heavy atom. The first kappa shape index (κ1) is 12.6. The van der Waals surface area contributed by atoms with E-state index in [0.29, 0.717) is 5.02 Å². The first-order valence-corrected chi connectivity index (χ1v) is 5.51. The Balaban J connectivity index is 2.40. The van der Waals surface area contributed by atoms with Crippen LogP contribution in [0.25, 0.3) is 0 Å². The van der Waals surface area contributed by atoms with Crippen LogP contribution in [0.15, 0.2) is 30.6 Å². The molecule has 0 unspecified atom stereocenters. The first-order valence-electron chi connectivity index (χ1n) is 4.75. The van der Waals surface area contributed by atoms with Crippen molar-refractivity contribution in [2.45, 2.75) is 0 Å². The Morgan fingerprint density at radius 1 is 1.22 bits per heavy atom. The Morgan fingerprint density at radius 3 is 2.67 bits per heavy atom. The lowest BCUT2D eigenvalue weighted by Crippen LogP contribution is -2.04.